The van der Waals surface area contributed by atoms with E-state index in [9.17, 15) is 4.79 Å². The van der Waals surface area contributed by atoms with Crippen LogP contribution in [0.25, 0.3) is 0 Å². The number of carbonyl (C=O) groups excluding carboxylic acids is 1. The van der Waals surface area contributed by atoms with E-state index in [4.69, 9.17) is 0 Å². The largest absolute Gasteiger partial charge is 0.309 e. The van der Waals surface area contributed by atoms with Gasteiger partial charge in [-0.2, -0.15) is 9.37 Å². The second-order valence-corrected chi connectivity index (χ2v) is 6.98. The number of aromatic nitrogens is 2. The van der Waals surface area contributed by atoms with Crippen molar-refractivity contribution in [1.82, 2.24) is 9.55 Å². The summed E-state index contributed by atoms with van der Waals surface area (Å²) in [6, 6.07) is 29.3. The van der Waals surface area contributed by atoms with Gasteiger partial charge in [0.05, 0.1) is 6.20 Å². The van der Waals surface area contributed by atoms with Gasteiger partial charge in [0.1, 0.15) is 5.54 Å². The number of anilines is 1. The van der Waals surface area contributed by atoms with Crippen LogP contribution < -0.4 is 5.32 Å². The Morgan fingerprint density at radius 1 is 0.867 bits per heavy atom. The highest BCUT2D eigenvalue weighted by Gasteiger charge is 2.40. The van der Waals surface area contributed by atoms with Crippen molar-refractivity contribution in [3.8, 4) is 0 Å². The van der Waals surface area contributed by atoms with Crippen molar-refractivity contribution in [1.29, 1.82) is 0 Å². The molecule has 1 N–H and O–H groups in total. The molecule has 1 amide bonds. The van der Waals surface area contributed by atoms with E-state index >= 15 is 4.39 Å². The Labute approximate surface area is 175 Å². The highest BCUT2D eigenvalue weighted by molar-refractivity contribution is 5.89. The monoisotopic (exact) mass is 399 g/mol. The summed E-state index contributed by atoms with van der Waals surface area (Å²) in [5, 5.41) is 2.67. The Morgan fingerprint density at radius 3 is 1.70 bits per heavy atom. The highest BCUT2D eigenvalue weighted by atomic mass is 19.1. The third-order valence-electron chi connectivity index (χ3n) is 5.19. The van der Waals surface area contributed by atoms with Crippen LogP contribution in [0, 0.1) is 6.08 Å². The van der Waals surface area contributed by atoms with Crippen molar-refractivity contribution in [2.24, 2.45) is 0 Å². The van der Waals surface area contributed by atoms with Crippen LogP contribution in [-0.2, 0) is 10.3 Å². The summed E-state index contributed by atoms with van der Waals surface area (Å²) in [7, 11) is 0. The summed E-state index contributed by atoms with van der Waals surface area (Å²) >= 11 is 0. The van der Waals surface area contributed by atoms with Crippen molar-refractivity contribution in [3.63, 3.8) is 0 Å². The molecule has 1 heterocycles. The molecule has 0 radical (unpaired) electrons. The van der Waals surface area contributed by atoms with E-state index in [0.29, 0.717) is 0 Å². The van der Waals surface area contributed by atoms with Gasteiger partial charge >= 0.3 is 0 Å². The molecule has 5 heteroatoms. The van der Waals surface area contributed by atoms with Crippen LogP contribution in [0.3, 0.4) is 0 Å². The number of hydrogen-bond donors (Lipinski definition) is 1. The van der Waals surface area contributed by atoms with Crippen LogP contribution in [0.5, 0.6) is 0 Å². The molecule has 150 valence electrons. The molecule has 0 spiro atoms. The van der Waals surface area contributed by atoms with Gasteiger partial charge in [0.15, 0.2) is 5.82 Å². The molecule has 1 aromatic heterocycles. The number of amides is 1. The first kappa shape index (κ1) is 19.6. The Balaban J connectivity index is 2.05. The topological polar surface area (TPSA) is 46.9 Å². The first-order valence-electron chi connectivity index (χ1n) is 9.88. The molecule has 4 rings (SSSR count). The average molecular weight is 399 g/mol. The van der Waals surface area contributed by atoms with Gasteiger partial charge in [-0.25, -0.2) is 0 Å². The molecule has 0 aliphatic heterocycles. The standard InChI is InChI=1S/C25H22FN3O/c1-2-23(30)27-22-18-29(24(26)28-22)25(19-12-6-3-7-13-19,20-14-8-4-9-15-20)21-16-10-5-11-17-21/h3-18H,2H2,1H3,(H,27,30). The van der Waals surface area contributed by atoms with E-state index < -0.39 is 11.6 Å². The van der Waals surface area contributed by atoms with Crippen molar-refractivity contribution >= 4 is 11.7 Å². The molecule has 4 aromatic rings. The van der Waals surface area contributed by atoms with E-state index in [1.807, 2.05) is 91.0 Å². The summed E-state index contributed by atoms with van der Waals surface area (Å²) in [6.07, 6.45) is 1.17. The Hall–Kier alpha value is -3.73. The number of rotatable bonds is 6. The smallest absolute Gasteiger partial charge is 0.292 e. The van der Waals surface area contributed by atoms with Gasteiger partial charge in [-0.3, -0.25) is 9.36 Å². The van der Waals surface area contributed by atoms with Gasteiger partial charge in [0.25, 0.3) is 6.08 Å². The number of halogens is 1. The molecule has 0 bridgehead atoms. The zero-order valence-corrected chi connectivity index (χ0v) is 16.6. The molecule has 0 unspecified atom stereocenters. The minimum Gasteiger partial charge on any atom is -0.309 e. The average Bonchev–Trinajstić information content (AvgIpc) is 3.16. The van der Waals surface area contributed by atoms with E-state index in [-0.39, 0.29) is 18.1 Å². The van der Waals surface area contributed by atoms with E-state index in [1.54, 1.807) is 13.1 Å². The molecular weight excluding hydrogens is 377 g/mol. The van der Waals surface area contributed by atoms with Gasteiger partial charge in [0, 0.05) is 6.42 Å². The molecule has 0 saturated heterocycles. The zero-order chi connectivity index (χ0) is 21.0. The predicted molar refractivity (Wildman–Crippen MR) is 116 cm³/mol. The molecule has 3 aromatic carbocycles. The van der Waals surface area contributed by atoms with Crippen LogP contribution in [0.1, 0.15) is 30.0 Å². The van der Waals surface area contributed by atoms with Crippen LogP contribution in [-0.4, -0.2) is 15.5 Å². The van der Waals surface area contributed by atoms with Crippen molar-refractivity contribution in [2.75, 3.05) is 5.32 Å². The molecule has 0 atom stereocenters. The number of hydrogen-bond acceptors (Lipinski definition) is 2. The molecule has 0 saturated carbocycles. The number of imidazole rings is 1. The van der Waals surface area contributed by atoms with Gasteiger partial charge in [-0.15, -0.1) is 0 Å². The molecule has 0 fully saturated rings. The maximum atomic E-state index is 15.4. The maximum absolute atomic E-state index is 15.4. The lowest BCUT2D eigenvalue weighted by molar-refractivity contribution is -0.115. The zero-order valence-electron chi connectivity index (χ0n) is 16.6. The van der Waals surface area contributed by atoms with E-state index in [2.05, 4.69) is 10.3 Å². The summed E-state index contributed by atoms with van der Waals surface area (Å²) in [5.41, 5.74) is 1.64. The number of nitrogens with zero attached hydrogens (tertiary/aromatic N) is 2. The first-order valence-corrected chi connectivity index (χ1v) is 9.88. The fourth-order valence-corrected chi connectivity index (χ4v) is 3.84. The Bertz CT molecular complexity index is 1030. The van der Waals surface area contributed by atoms with Crippen LogP contribution >= 0.6 is 0 Å². The lowest BCUT2D eigenvalue weighted by atomic mass is 9.77. The van der Waals surface area contributed by atoms with Crippen LogP contribution in [0.15, 0.2) is 97.2 Å². The molecule has 0 aliphatic rings. The molecule has 4 nitrogen and oxygen atoms in total. The van der Waals surface area contributed by atoms with Gasteiger partial charge in [-0.1, -0.05) is 97.9 Å². The fraction of sp³-hybridized carbons (Fsp3) is 0.120. The minimum atomic E-state index is -1.00. The molecular formula is C25H22FN3O. The highest BCUT2D eigenvalue weighted by Crippen LogP contribution is 2.41. The SMILES string of the molecule is CCC(=O)Nc1cn(C(c2ccccc2)(c2ccccc2)c2ccccc2)c(F)n1. The third-order valence-corrected chi connectivity index (χ3v) is 5.19. The minimum absolute atomic E-state index is 0.187. The quantitative estimate of drug-likeness (QED) is 0.453. The lowest BCUT2D eigenvalue weighted by Gasteiger charge is -2.37. The summed E-state index contributed by atoms with van der Waals surface area (Å²) in [6.45, 7) is 1.74. The second-order valence-electron chi connectivity index (χ2n) is 6.98. The van der Waals surface area contributed by atoms with E-state index in [1.165, 1.54) is 4.57 Å². The first-order chi connectivity index (χ1) is 14.7. The molecule has 30 heavy (non-hydrogen) atoms. The fourth-order valence-electron chi connectivity index (χ4n) is 3.84. The van der Waals surface area contributed by atoms with Crippen LogP contribution in [0.4, 0.5) is 10.2 Å². The van der Waals surface area contributed by atoms with Gasteiger partial charge in [0.2, 0.25) is 5.91 Å². The summed E-state index contributed by atoms with van der Waals surface area (Å²) in [5.74, 6) is -0.0316. The van der Waals surface area contributed by atoms with Crippen molar-refractivity contribution < 1.29 is 9.18 Å². The number of nitrogens with one attached hydrogen (secondary N) is 1. The third kappa shape index (κ3) is 3.39. The predicted octanol–water partition coefficient (Wildman–Crippen LogP) is 5.21. The maximum Gasteiger partial charge on any atom is 0.292 e. The van der Waals surface area contributed by atoms with Gasteiger partial charge in [-0.05, 0) is 16.7 Å². The van der Waals surface area contributed by atoms with Crippen LogP contribution in [0.2, 0.25) is 0 Å². The van der Waals surface area contributed by atoms with E-state index in [0.717, 1.165) is 16.7 Å². The van der Waals surface area contributed by atoms with Crippen molar-refractivity contribution in [3.05, 3.63) is 120 Å². The number of benzene rings is 3. The Kier molecular flexibility index (Phi) is 5.44. The summed E-state index contributed by atoms with van der Waals surface area (Å²) < 4.78 is 16.9. The second kappa shape index (κ2) is 8.33. The van der Waals surface area contributed by atoms with Gasteiger partial charge < -0.3 is 5.32 Å². The Morgan fingerprint density at radius 2 is 1.30 bits per heavy atom. The normalized spacial score (nSPS) is 11.3. The number of carbonyl (C=O) groups is 1. The molecule has 0 aliphatic carbocycles. The lowest BCUT2D eigenvalue weighted by Crippen LogP contribution is -2.38. The summed E-state index contributed by atoms with van der Waals surface area (Å²) in [4.78, 5) is 15.9. The van der Waals surface area contributed by atoms with Crippen molar-refractivity contribution in [2.45, 2.75) is 18.9 Å².